The molecule has 0 aliphatic carbocycles. The van der Waals surface area contributed by atoms with Crippen LogP contribution >= 0.6 is 27.3 Å². The molecule has 0 saturated carbocycles. The van der Waals surface area contributed by atoms with E-state index in [2.05, 4.69) is 50.5 Å². The topological polar surface area (TPSA) is 51.2 Å². The van der Waals surface area contributed by atoms with Crippen LogP contribution in [0.4, 0.5) is 5.13 Å². The summed E-state index contributed by atoms with van der Waals surface area (Å²) in [4.78, 5) is 16.7. The van der Waals surface area contributed by atoms with Crippen LogP contribution in [0.25, 0.3) is 22.4 Å². The van der Waals surface area contributed by atoms with Crippen LogP contribution in [0.2, 0.25) is 0 Å². The Bertz CT molecular complexity index is 1160. The van der Waals surface area contributed by atoms with Crippen molar-refractivity contribution in [1.29, 1.82) is 0 Å². The van der Waals surface area contributed by atoms with Crippen LogP contribution in [0.5, 0.6) is 5.75 Å². The van der Waals surface area contributed by atoms with Crippen molar-refractivity contribution < 1.29 is 9.53 Å². The first-order valence-corrected chi connectivity index (χ1v) is 11.1. The van der Waals surface area contributed by atoms with Crippen molar-refractivity contribution in [3.63, 3.8) is 0 Å². The fraction of sp³-hybridized carbons (Fsp3) is 0.0833. The van der Waals surface area contributed by atoms with Gasteiger partial charge >= 0.3 is 0 Å². The van der Waals surface area contributed by atoms with Crippen LogP contribution in [-0.2, 0) is 4.79 Å². The Labute approximate surface area is 187 Å². The molecule has 0 bridgehead atoms. The zero-order valence-electron chi connectivity index (χ0n) is 16.3. The van der Waals surface area contributed by atoms with Gasteiger partial charge in [-0.25, -0.2) is 4.98 Å². The van der Waals surface area contributed by atoms with Crippen molar-refractivity contribution in [2.24, 2.45) is 0 Å². The number of thiazole rings is 1. The fourth-order valence-corrected chi connectivity index (χ4v) is 3.92. The average molecular weight is 479 g/mol. The number of nitrogens with zero attached hydrogens (tertiary/aromatic N) is 1. The van der Waals surface area contributed by atoms with E-state index >= 15 is 0 Å². The summed E-state index contributed by atoms with van der Waals surface area (Å²) in [5.74, 6) is 0.417. The summed E-state index contributed by atoms with van der Waals surface area (Å²) >= 11 is 4.84. The highest BCUT2D eigenvalue weighted by Crippen LogP contribution is 2.28. The molecule has 4 aromatic rings. The van der Waals surface area contributed by atoms with Crippen LogP contribution in [-0.4, -0.2) is 17.5 Å². The SMILES string of the molecule is Cc1cc(OCC(=O)Nc2nc(-c3ccc(-c4ccccc4)cc3)cs2)ccc1Br. The Hall–Kier alpha value is -2.96. The van der Waals surface area contributed by atoms with E-state index in [1.165, 1.54) is 16.9 Å². The van der Waals surface area contributed by atoms with E-state index in [9.17, 15) is 4.79 Å². The number of amides is 1. The van der Waals surface area contributed by atoms with Crippen LogP contribution in [0.3, 0.4) is 0 Å². The lowest BCUT2D eigenvalue weighted by Gasteiger charge is -2.07. The van der Waals surface area contributed by atoms with Gasteiger partial charge in [-0.1, -0.05) is 70.5 Å². The van der Waals surface area contributed by atoms with E-state index in [1.54, 1.807) is 0 Å². The molecule has 1 amide bonds. The van der Waals surface area contributed by atoms with Crippen molar-refractivity contribution >= 4 is 38.3 Å². The predicted octanol–water partition coefficient (Wildman–Crippen LogP) is 6.57. The maximum absolute atomic E-state index is 12.2. The zero-order chi connectivity index (χ0) is 20.9. The largest absolute Gasteiger partial charge is 0.484 e. The number of aromatic nitrogens is 1. The second kappa shape index (κ2) is 9.24. The van der Waals surface area contributed by atoms with Gasteiger partial charge in [0.25, 0.3) is 5.91 Å². The number of hydrogen-bond acceptors (Lipinski definition) is 4. The lowest BCUT2D eigenvalue weighted by molar-refractivity contribution is -0.118. The quantitative estimate of drug-likeness (QED) is 0.341. The molecule has 6 heteroatoms. The summed E-state index contributed by atoms with van der Waals surface area (Å²) in [6.45, 7) is 1.91. The van der Waals surface area contributed by atoms with E-state index < -0.39 is 0 Å². The molecule has 3 aromatic carbocycles. The summed E-state index contributed by atoms with van der Waals surface area (Å²) < 4.78 is 6.57. The van der Waals surface area contributed by atoms with Gasteiger partial charge in [0, 0.05) is 15.4 Å². The van der Waals surface area contributed by atoms with Gasteiger partial charge in [0.15, 0.2) is 11.7 Å². The maximum Gasteiger partial charge on any atom is 0.264 e. The predicted molar refractivity (Wildman–Crippen MR) is 126 cm³/mol. The summed E-state index contributed by atoms with van der Waals surface area (Å²) in [5, 5.41) is 5.29. The lowest BCUT2D eigenvalue weighted by atomic mass is 10.0. The molecular weight excluding hydrogens is 460 g/mol. The van der Waals surface area contributed by atoms with Gasteiger partial charge in [-0.15, -0.1) is 11.3 Å². The molecular formula is C24H19BrN2O2S. The van der Waals surface area contributed by atoms with Gasteiger partial charge in [-0.05, 0) is 41.8 Å². The highest BCUT2D eigenvalue weighted by Gasteiger charge is 2.10. The Balaban J connectivity index is 1.36. The summed E-state index contributed by atoms with van der Waals surface area (Å²) in [7, 11) is 0. The van der Waals surface area contributed by atoms with E-state index in [-0.39, 0.29) is 12.5 Å². The molecule has 4 rings (SSSR count). The number of carbonyl (C=O) groups is 1. The first-order valence-electron chi connectivity index (χ1n) is 9.39. The van der Waals surface area contributed by atoms with Crippen LogP contribution < -0.4 is 10.1 Å². The van der Waals surface area contributed by atoms with Gasteiger partial charge in [-0.3, -0.25) is 10.1 Å². The molecule has 0 aliphatic heterocycles. The van der Waals surface area contributed by atoms with Crippen molar-refractivity contribution in [3.05, 3.63) is 88.2 Å². The molecule has 4 nitrogen and oxygen atoms in total. The molecule has 0 saturated heterocycles. The molecule has 30 heavy (non-hydrogen) atoms. The van der Waals surface area contributed by atoms with Crippen molar-refractivity contribution in [3.8, 4) is 28.1 Å². The van der Waals surface area contributed by atoms with E-state index in [1.807, 2.05) is 60.8 Å². The smallest absolute Gasteiger partial charge is 0.264 e. The Morgan fingerprint density at radius 3 is 2.43 bits per heavy atom. The standard InChI is InChI=1S/C24H19BrN2O2S/c1-16-13-20(11-12-21(16)25)29-14-23(28)27-24-26-22(15-30-24)19-9-7-18(8-10-19)17-5-3-2-4-6-17/h2-13,15H,14H2,1H3,(H,26,27,28). The second-order valence-corrected chi connectivity index (χ2v) is 8.44. The minimum atomic E-state index is -0.240. The van der Waals surface area contributed by atoms with Crippen LogP contribution in [0.1, 0.15) is 5.56 Å². The third-order valence-electron chi connectivity index (χ3n) is 4.54. The number of halogens is 1. The van der Waals surface area contributed by atoms with Crippen molar-refractivity contribution in [1.82, 2.24) is 4.98 Å². The number of hydrogen-bond donors (Lipinski definition) is 1. The van der Waals surface area contributed by atoms with Crippen molar-refractivity contribution in [2.45, 2.75) is 6.92 Å². The summed E-state index contributed by atoms with van der Waals surface area (Å²) in [6.07, 6.45) is 0. The van der Waals surface area contributed by atoms with E-state index in [0.717, 1.165) is 26.9 Å². The molecule has 0 aliphatic rings. The molecule has 150 valence electrons. The fourth-order valence-electron chi connectivity index (χ4n) is 2.94. The number of ether oxygens (including phenoxy) is 1. The molecule has 0 atom stereocenters. The number of rotatable bonds is 6. The molecule has 1 aromatic heterocycles. The Kier molecular flexibility index (Phi) is 6.26. The third kappa shape index (κ3) is 4.96. The molecule has 0 spiro atoms. The van der Waals surface area contributed by atoms with Gasteiger partial charge in [-0.2, -0.15) is 0 Å². The van der Waals surface area contributed by atoms with Gasteiger partial charge in [0.1, 0.15) is 5.75 Å². The number of anilines is 1. The Morgan fingerprint density at radius 1 is 1.00 bits per heavy atom. The number of benzene rings is 3. The maximum atomic E-state index is 12.2. The van der Waals surface area contributed by atoms with Crippen LogP contribution in [0, 0.1) is 6.92 Å². The average Bonchev–Trinajstić information content (AvgIpc) is 3.24. The number of carbonyl (C=O) groups excluding carboxylic acids is 1. The van der Waals surface area contributed by atoms with Gasteiger partial charge in [0.2, 0.25) is 0 Å². The number of aryl methyl sites for hydroxylation is 1. The second-order valence-electron chi connectivity index (χ2n) is 6.73. The first-order chi connectivity index (χ1) is 14.6. The molecule has 0 fully saturated rings. The summed E-state index contributed by atoms with van der Waals surface area (Å²) in [5.41, 5.74) is 5.22. The highest BCUT2D eigenvalue weighted by molar-refractivity contribution is 9.10. The van der Waals surface area contributed by atoms with E-state index in [4.69, 9.17) is 4.74 Å². The first kappa shape index (κ1) is 20.3. The number of nitrogens with one attached hydrogen (secondary N) is 1. The Morgan fingerprint density at radius 2 is 1.70 bits per heavy atom. The molecule has 0 unspecified atom stereocenters. The van der Waals surface area contributed by atoms with Gasteiger partial charge in [0.05, 0.1) is 5.69 Å². The lowest BCUT2D eigenvalue weighted by Crippen LogP contribution is -2.20. The van der Waals surface area contributed by atoms with E-state index in [0.29, 0.717) is 10.9 Å². The monoisotopic (exact) mass is 478 g/mol. The zero-order valence-corrected chi connectivity index (χ0v) is 18.7. The molecule has 1 N–H and O–H groups in total. The highest BCUT2D eigenvalue weighted by atomic mass is 79.9. The van der Waals surface area contributed by atoms with Gasteiger partial charge < -0.3 is 4.74 Å². The normalized spacial score (nSPS) is 10.6. The third-order valence-corrected chi connectivity index (χ3v) is 6.19. The molecule has 0 radical (unpaired) electrons. The minimum Gasteiger partial charge on any atom is -0.484 e. The molecule has 1 heterocycles. The minimum absolute atomic E-state index is 0.0677. The van der Waals surface area contributed by atoms with Crippen LogP contribution in [0.15, 0.2) is 82.6 Å². The summed E-state index contributed by atoms with van der Waals surface area (Å²) in [6, 6.07) is 24.1. The van der Waals surface area contributed by atoms with Crippen molar-refractivity contribution in [2.75, 3.05) is 11.9 Å².